The topological polar surface area (TPSA) is 93.7 Å². The van der Waals surface area contributed by atoms with Gasteiger partial charge in [0.2, 0.25) is 0 Å². The Balaban J connectivity index is 2.36. The average molecular weight is 350 g/mol. The lowest BCUT2D eigenvalue weighted by Gasteiger charge is -2.19. The lowest BCUT2D eigenvalue weighted by Crippen LogP contribution is -2.30. The van der Waals surface area contributed by atoms with E-state index < -0.39 is 17.6 Å². The molecule has 2 amide bonds. The van der Waals surface area contributed by atoms with Crippen molar-refractivity contribution in [3.63, 3.8) is 0 Å². The van der Waals surface area contributed by atoms with Gasteiger partial charge in [0.05, 0.1) is 12.2 Å². The van der Waals surface area contributed by atoms with Crippen LogP contribution >= 0.6 is 0 Å². The summed E-state index contributed by atoms with van der Waals surface area (Å²) in [5.74, 6) is -0.735. The molecule has 0 heterocycles. The first-order valence-electron chi connectivity index (χ1n) is 8.25. The van der Waals surface area contributed by atoms with Crippen LogP contribution in [0.15, 0.2) is 24.3 Å². The number of anilines is 1. The highest BCUT2D eigenvalue weighted by atomic mass is 16.6. The summed E-state index contributed by atoms with van der Waals surface area (Å²) in [6.45, 7) is 7.77. The predicted octanol–water partition coefficient (Wildman–Crippen LogP) is 3.11. The van der Waals surface area contributed by atoms with Crippen molar-refractivity contribution in [2.24, 2.45) is 0 Å². The van der Waals surface area contributed by atoms with Gasteiger partial charge in [0.15, 0.2) is 0 Å². The van der Waals surface area contributed by atoms with Crippen LogP contribution in [0, 0.1) is 0 Å². The van der Waals surface area contributed by atoms with E-state index in [9.17, 15) is 14.4 Å². The van der Waals surface area contributed by atoms with E-state index in [1.54, 1.807) is 45.9 Å². The molecule has 0 bridgehead atoms. The molecule has 7 nitrogen and oxygen atoms in total. The normalized spacial score (nSPS) is 10.7. The fraction of sp³-hybridized carbons (Fsp3) is 0.500. The molecule has 138 valence electrons. The molecule has 1 aromatic rings. The Labute approximate surface area is 148 Å². The summed E-state index contributed by atoms with van der Waals surface area (Å²) in [4.78, 5) is 35.1. The lowest BCUT2D eigenvalue weighted by molar-refractivity contribution is -0.154. The Hall–Kier alpha value is -2.57. The van der Waals surface area contributed by atoms with Gasteiger partial charge in [0.25, 0.3) is 0 Å². The Kier molecular flexibility index (Phi) is 7.91. The number of carbonyl (C=O) groups excluding carboxylic acids is 3. The number of nitrogens with one attached hydrogen (secondary N) is 2. The van der Waals surface area contributed by atoms with Gasteiger partial charge in [0, 0.05) is 18.7 Å². The van der Waals surface area contributed by atoms with E-state index in [4.69, 9.17) is 9.47 Å². The van der Waals surface area contributed by atoms with Crippen molar-refractivity contribution >= 4 is 23.7 Å². The fourth-order valence-electron chi connectivity index (χ4n) is 1.94. The van der Waals surface area contributed by atoms with Crippen LogP contribution in [0.3, 0.4) is 0 Å². The van der Waals surface area contributed by atoms with E-state index >= 15 is 0 Å². The van der Waals surface area contributed by atoms with Crippen molar-refractivity contribution in [3.05, 3.63) is 29.8 Å². The Morgan fingerprint density at radius 1 is 1.16 bits per heavy atom. The molecule has 0 saturated carbocycles. The number of esters is 2. The quantitative estimate of drug-likeness (QED) is 0.582. The van der Waals surface area contributed by atoms with E-state index in [0.29, 0.717) is 24.2 Å². The van der Waals surface area contributed by atoms with Gasteiger partial charge in [-0.15, -0.1) is 0 Å². The maximum absolute atomic E-state index is 11.8. The molecular formula is C18H26N2O5. The molecule has 0 fully saturated rings. The van der Waals surface area contributed by atoms with Gasteiger partial charge in [-0.25, -0.2) is 9.59 Å². The molecule has 0 atom stereocenters. The predicted molar refractivity (Wildman–Crippen MR) is 94.5 cm³/mol. The molecular weight excluding hydrogens is 324 g/mol. The number of benzene rings is 1. The highest BCUT2D eigenvalue weighted by Crippen LogP contribution is 2.12. The SMILES string of the molecule is CCOC(=O)c1cccc(NC(=O)NCCCC(=O)OC(C)(C)C)c1. The number of hydrogen-bond donors (Lipinski definition) is 2. The molecule has 0 aliphatic heterocycles. The Bertz CT molecular complexity index is 608. The monoisotopic (exact) mass is 350 g/mol. The summed E-state index contributed by atoms with van der Waals surface area (Å²) in [6, 6.07) is 6.07. The summed E-state index contributed by atoms with van der Waals surface area (Å²) < 4.78 is 10.1. The molecule has 2 N–H and O–H groups in total. The van der Waals surface area contributed by atoms with Crippen molar-refractivity contribution in [3.8, 4) is 0 Å². The first kappa shape index (κ1) is 20.5. The van der Waals surface area contributed by atoms with Crippen molar-refractivity contribution in [2.75, 3.05) is 18.5 Å². The fourth-order valence-corrected chi connectivity index (χ4v) is 1.94. The Morgan fingerprint density at radius 2 is 1.88 bits per heavy atom. The van der Waals surface area contributed by atoms with Crippen molar-refractivity contribution < 1.29 is 23.9 Å². The Morgan fingerprint density at radius 3 is 2.52 bits per heavy atom. The molecule has 1 aromatic carbocycles. The van der Waals surface area contributed by atoms with Gasteiger partial charge in [-0.3, -0.25) is 4.79 Å². The maximum Gasteiger partial charge on any atom is 0.338 e. The van der Waals surface area contributed by atoms with Crippen LogP contribution < -0.4 is 10.6 Å². The third-order valence-corrected chi connectivity index (χ3v) is 2.89. The number of hydrogen-bond acceptors (Lipinski definition) is 5. The van der Waals surface area contributed by atoms with E-state index in [1.165, 1.54) is 6.07 Å². The zero-order chi connectivity index (χ0) is 18.9. The zero-order valence-electron chi connectivity index (χ0n) is 15.2. The lowest BCUT2D eigenvalue weighted by atomic mass is 10.2. The highest BCUT2D eigenvalue weighted by molar-refractivity contribution is 5.93. The number of carbonyl (C=O) groups is 3. The molecule has 25 heavy (non-hydrogen) atoms. The molecule has 0 radical (unpaired) electrons. The first-order valence-corrected chi connectivity index (χ1v) is 8.25. The largest absolute Gasteiger partial charge is 0.462 e. The minimum atomic E-state index is -0.508. The molecule has 0 aliphatic carbocycles. The molecule has 0 saturated heterocycles. The van der Waals surface area contributed by atoms with Crippen molar-refractivity contribution in [1.29, 1.82) is 0 Å². The van der Waals surface area contributed by atoms with Crippen molar-refractivity contribution in [2.45, 2.75) is 46.1 Å². The molecule has 0 aromatic heterocycles. The summed E-state index contributed by atoms with van der Waals surface area (Å²) >= 11 is 0. The van der Waals surface area contributed by atoms with Gasteiger partial charge in [-0.05, 0) is 52.3 Å². The molecule has 0 spiro atoms. The first-order chi connectivity index (χ1) is 11.7. The number of rotatable bonds is 7. The number of ether oxygens (including phenoxy) is 2. The van der Waals surface area contributed by atoms with Crippen LogP contribution in [0.1, 0.15) is 50.9 Å². The van der Waals surface area contributed by atoms with E-state index in [2.05, 4.69) is 10.6 Å². The van der Waals surface area contributed by atoms with Gasteiger partial charge in [-0.1, -0.05) is 6.07 Å². The third-order valence-electron chi connectivity index (χ3n) is 2.89. The summed E-state index contributed by atoms with van der Waals surface area (Å²) in [5, 5.41) is 5.28. The second-order valence-corrected chi connectivity index (χ2v) is 6.37. The second kappa shape index (κ2) is 9.66. The zero-order valence-corrected chi connectivity index (χ0v) is 15.2. The van der Waals surface area contributed by atoms with Gasteiger partial charge in [-0.2, -0.15) is 0 Å². The summed E-state index contributed by atoms with van der Waals surface area (Å²) in [6.07, 6.45) is 0.709. The van der Waals surface area contributed by atoms with Crippen LogP contribution in [-0.4, -0.2) is 36.7 Å². The smallest absolute Gasteiger partial charge is 0.338 e. The maximum atomic E-state index is 11.8. The molecule has 7 heteroatoms. The third kappa shape index (κ3) is 8.74. The van der Waals surface area contributed by atoms with Crippen LogP contribution in [0.5, 0.6) is 0 Å². The summed E-state index contributed by atoms with van der Waals surface area (Å²) in [7, 11) is 0. The van der Waals surface area contributed by atoms with Crippen LogP contribution in [0.4, 0.5) is 10.5 Å². The van der Waals surface area contributed by atoms with E-state index in [-0.39, 0.29) is 19.0 Å². The average Bonchev–Trinajstić information content (AvgIpc) is 2.50. The number of urea groups is 1. The standard InChI is InChI=1S/C18H26N2O5/c1-5-24-16(22)13-8-6-9-14(12-13)20-17(23)19-11-7-10-15(21)25-18(2,3)4/h6,8-9,12H,5,7,10-11H2,1-4H3,(H2,19,20,23). The van der Waals surface area contributed by atoms with Gasteiger partial charge >= 0.3 is 18.0 Å². The highest BCUT2D eigenvalue weighted by Gasteiger charge is 2.15. The van der Waals surface area contributed by atoms with E-state index in [0.717, 1.165) is 0 Å². The van der Waals surface area contributed by atoms with E-state index in [1.807, 2.05) is 0 Å². The summed E-state index contributed by atoms with van der Waals surface area (Å²) in [5.41, 5.74) is 0.339. The van der Waals surface area contributed by atoms with Crippen LogP contribution in [0.2, 0.25) is 0 Å². The number of amides is 2. The second-order valence-electron chi connectivity index (χ2n) is 6.37. The van der Waals surface area contributed by atoms with Crippen LogP contribution in [-0.2, 0) is 14.3 Å². The molecule has 0 aliphatic rings. The molecule has 1 rings (SSSR count). The molecule has 0 unspecified atom stereocenters. The van der Waals surface area contributed by atoms with Gasteiger partial charge < -0.3 is 20.1 Å². The minimum absolute atomic E-state index is 0.232. The minimum Gasteiger partial charge on any atom is -0.462 e. The van der Waals surface area contributed by atoms with Gasteiger partial charge in [0.1, 0.15) is 5.60 Å². The van der Waals surface area contributed by atoms with Crippen molar-refractivity contribution in [1.82, 2.24) is 5.32 Å². The van der Waals surface area contributed by atoms with Crippen LogP contribution in [0.25, 0.3) is 0 Å².